The van der Waals surface area contributed by atoms with Crippen LogP contribution in [0.25, 0.3) is 0 Å². The van der Waals surface area contributed by atoms with Gasteiger partial charge in [0.25, 0.3) is 0 Å². The van der Waals surface area contributed by atoms with Crippen molar-refractivity contribution in [1.29, 1.82) is 5.26 Å². The van der Waals surface area contributed by atoms with E-state index in [0.29, 0.717) is 11.3 Å². The number of aromatic nitrogens is 1. The van der Waals surface area contributed by atoms with E-state index in [1.54, 1.807) is 18.2 Å². The first kappa shape index (κ1) is 12.2. The fourth-order valence-corrected chi connectivity index (χ4v) is 1.51. The third kappa shape index (κ3) is 2.70. The monoisotopic (exact) mass is 259 g/mol. The van der Waals surface area contributed by atoms with Crippen molar-refractivity contribution in [2.75, 3.05) is 0 Å². The zero-order chi connectivity index (χ0) is 13.0. The average molecular weight is 260 g/mol. The van der Waals surface area contributed by atoms with E-state index >= 15 is 0 Å². The molecule has 0 fully saturated rings. The molecule has 0 saturated heterocycles. The predicted octanol–water partition coefficient (Wildman–Crippen LogP) is 3.50. The first-order valence-corrected chi connectivity index (χ1v) is 5.43. The van der Waals surface area contributed by atoms with Crippen LogP contribution in [-0.2, 0) is 0 Å². The molecule has 1 aromatic heterocycles. The molecular formula is C13H7ClFN3. The molecule has 2 aromatic rings. The SMILES string of the molecule is N#Cc1ncccc1N=Cc1ccc(F)c(Cl)c1. The molecule has 5 heteroatoms. The highest BCUT2D eigenvalue weighted by Crippen LogP contribution is 2.17. The van der Waals surface area contributed by atoms with Gasteiger partial charge in [-0.25, -0.2) is 9.37 Å². The number of nitrogens with zero attached hydrogens (tertiary/aromatic N) is 3. The first-order chi connectivity index (χ1) is 8.70. The second kappa shape index (κ2) is 5.39. The van der Waals surface area contributed by atoms with E-state index < -0.39 is 5.82 Å². The Balaban J connectivity index is 2.30. The maximum atomic E-state index is 13.0. The van der Waals surface area contributed by atoms with Gasteiger partial charge in [0.1, 0.15) is 11.9 Å². The van der Waals surface area contributed by atoms with Crippen molar-refractivity contribution < 1.29 is 4.39 Å². The van der Waals surface area contributed by atoms with Crippen LogP contribution in [0, 0.1) is 17.1 Å². The standard InChI is InChI=1S/C13H7ClFN3/c14-10-6-9(3-4-11(10)15)8-18-12-2-1-5-17-13(12)7-16/h1-6,8H. The van der Waals surface area contributed by atoms with Gasteiger partial charge in [-0.2, -0.15) is 5.26 Å². The van der Waals surface area contributed by atoms with Crippen molar-refractivity contribution in [3.8, 4) is 6.07 Å². The molecule has 0 aliphatic carbocycles. The van der Waals surface area contributed by atoms with Crippen LogP contribution >= 0.6 is 11.6 Å². The number of hydrogen-bond donors (Lipinski definition) is 0. The third-order valence-electron chi connectivity index (χ3n) is 2.19. The zero-order valence-electron chi connectivity index (χ0n) is 9.14. The van der Waals surface area contributed by atoms with Gasteiger partial charge in [-0.1, -0.05) is 17.7 Å². The van der Waals surface area contributed by atoms with Crippen LogP contribution in [0.3, 0.4) is 0 Å². The molecule has 0 atom stereocenters. The molecule has 0 amide bonds. The summed E-state index contributed by atoms with van der Waals surface area (Å²) in [5.74, 6) is -0.479. The van der Waals surface area contributed by atoms with E-state index in [9.17, 15) is 4.39 Å². The summed E-state index contributed by atoms with van der Waals surface area (Å²) in [5.41, 5.74) is 1.34. The van der Waals surface area contributed by atoms with Crippen molar-refractivity contribution in [3.05, 3.63) is 58.6 Å². The average Bonchev–Trinajstić information content (AvgIpc) is 2.40. The van der Waals surface area contributed by atoms with Gasteiger partial charge >= 0.3 is 0 Å². The molecule has 3 nitrogen and oxygen atoms in total. The second-order valence-corrected chi connectivity index (χ2v) is 3.82. The summed E-state index contributed by atoms with van der Waals surface area (Å²) >= 11 is 5.65. The Morgan fingerprint density at radius 2 is 2.22 bits per heavy atom. The molecule has 2 rings (SSSR count). The summed E-state index contributed by atoms with van der Waals surface area (Å²) in [6, 6.07) is 9.57. The molecule has 88 valence electrons. The third-order valence-corrected chi connectivity index (χ3v) is 2.48. The lowest BCUT2D eigenvalue weighted by Gasteiger charge is -1.97. The van der Waals surface area contributed by atoms with Crippen LogP contribution < -0.4 is 0 Å². The van der Waals surface area contributed by atoms with E-state index in [1.807, 2.05) is 6.07 Å². The van der Waals surface area contributed by atoms with Gasteiger partial charge in [-0.3, -0.25) is 4.99 Å². The summed E-state index contributed by atoms with van der Waals surface area (Å²) in [5, 5.41) is 8.87. The van der Waals surface area contributed by atoms with Gasteiger partial charge in [-0.15, -0.1) is 0 Å². The Labute approximate surface area is 108 Å². The lowest BCUT2D eigenvalue weighted by molar-refractivity contribution is 0.628. The van der Waals surface area contributed by atoms with Crippen LogP contribution in [0.4, 0.5) is 10.1 Å². The highest BCUT2D eigenvalue weighted by molar-refractivity contribution is 6.31. The number of pyridine rings is 1. The topological polar surface area (TPSA) is 49.0 Å². The Kier molecular flexibility index (Phi) is 3.66. The maximum Gasteiger partial charge on any atom is 0.166 e. The lowest BCUT2D eigenvalue weighted by atomic mass is 10.2. The fourth-order valence-electron chi connectivity index (χ4n) is 1.32. The van der Waals surface area contributed by atoms with Crippen molar-refractivity contribution >= 4 is 23.5 Å². The number of nitriles is 1. The van der Waals surface area contributed by atoms with Crippen molar-refractivity contribution in [2.45, 2.75) is 0 Å². The summed E-state index contributed by atoms with van der Waals surface area (Å²) < 4.78 is 13.0. The van der Waals surface area contributed by atoms with Crippen LogP contribution in [0.15, 0.2) is 41.5 Å². The molecule has 0 aliphatic heterocycles. The van der Waals surface area contributed by atoms with Crippen LogP contribution in [0.1, 0.15) is 11.3 Å². The highest BCUT2D eigenvalue weighted by atomic mass is 35.5. The van der Waals surface area contributed by atoms with E-state index in [-0.39, 0.29) is 10.7 Å². The zero-order valence-corrected chi connectivity index (χ0v) is 9.89. The normalized spacial score (nSPS) is 10.5. The molecule has 0 aliphatic rings. The van der Waals surface area contributed by atoms with E-state index in [2.05, 4.69) is 9.98 Å². The molecule has 1 heterocycles. The number of hydrogen-bond acceptors (Lipinski definition) is 3. The van der Waals surface area contributed by atoms with E-state index in [1.165, 1.54) is 24.5 Å². The Bertz CT molecular complexity index is 647. The van der Waals surface area contributed by atoms with Crippen LogP contribution in [0.2, 0.25) is 5.02 Å². The molecular weight excluding hydrogens is 253 g/mol. The van der Waals surface area contributed by atoms with E-state index in [4.69, 9.17) is 16.9 Å². The smallest absolute Gasteiger partial charge is 0.166 e. The number of rotatable bonds is 2. The summed E-state index contributed by atoms with van der Waals surface area (Å²) in [7, 11) is 0. The van der Waals surface area contributed by atoms with Gasteiger partial charge < -0.3 is 0 Å². The van der Waals surface area contributed by atoms with Gasteiger partial charge in [0.2, 0.25) is 0 Å². The molecule has 0 radical (unpaired) electrons. The molecule has 18 heavy (non-hydrogen) atoms. The minimum absolute atomic E-state index is 0.0330. The summed E-state index contributed by atoms with van der Waals surface area (Å²) in [6.07, 6.45) is 3.02. The van der Waals surface area contributed by atoms with Gasteiger partial charge in [0, 0.05) is 12.4 Å². The first-order valence-electron chi connectivity index (χ1n) is 5.05. The number of benzene rings is 1. The van der Waals surface area contributed by atoms with Gasteiger partial charge in [-0.05, 0) is 29.8 Å². The Hall–Kier alpha value is -2.25. The molecule has 0 bridgehead atoms. The molecule has 1 aromatic carbocycles. The molecule has 0 saturated carbocycles. The largest absolute Gasteiger partial charge is 0.253 e. The molecule has 0 unspecified atom stereocenters. The second-order valence-electron chi connectivity index (χ2n) is 3.41. The van der Waals surface area contributed by atoms with Crippen LogP contribution in [-0.4, -0.2) is 11.2 Å². The fraction of sp³-hybridized carbons (Fsp3) is 0. The predicted molar refractivity (Wildman–Crippen MR) is 67.6 cm³/mol. The minimum atomic E-state index is -0.479. The lowest BCUT2D eigenvalue weighted by Crippen LogP contribution is -1.85. The van der Waals surface area contributed by atoms with Gasteiger partial charge in [0.05, 0.1) is 10.7 Å². The maximum absolute atomic E-state index is 13.0. The van der Waals surface area contributed by atoms with Crippen molar-refractivity contribution in [3.63, 3.8) is 0 Å². The minimum Gasteiger partial charge on any atom is -0.253 e. The van der Waals surface area contributed by atoms with Crippen LogP contribution in [0.5, 0.6) is 0 Å². The molecule has 0 spiro atoms. The number of halogens is 2. The van der Waals surface area contributed by atoms with Crippen molar-refractivity contribution in [2.24, 2.45) is 4.99 Å². The van der Waals surface area contributed by atoms with Gasteiger partial charge in [0.15, 0.2) is 5.69 Å². The highest BCUT2D eigenvalue weighted by Gasteiger charge is 2.01. The Morgan fingerprint density at radius 3 is 2.94 bits per heavy atom. The van der Waals surface area contributed by atoms with Crippen molar-refractivity contribution in [1.82, 2.24) is 4.98 Å². The summed E-state index contributed by atoms with van der Waals surface area (Å²) in [6.45, 7) is 0. The number of aliphatic imine (C=N–C) groups is 1. The molecule has 0 N–H and O–H groups in total. The summed E-state index contributed by atoms with van der Waals surface area (Å²) in [4.78, 5) is 8.01. The quantitative estimate of drug-likeness (QED) is 0.775. The Morgan fingerprint density at radius 1 is 1.39 bits per heavy atom. The van der Waals surface area contributed by atoms with E-state index in [0.717, 1.165) is 0 Å².